The molecule has 0 saturated heterocycles. The van der Waals surface area contributed by atoms with Crippen LogP contribution in [0.4, 0.5) is 0 Å². The van der Waals surface area contributed by atoms with E-state index >= 15 is 0 Å². The van der Waals surface area contributed by atoms with E-state index in [1.807, 2.05) is 12.1 Å². The average molecular weight is 280 g/mol. The molecule has 2 heterocycles. The SMILES string of the molecule is C#CCCn1c(=O)n(C)c(=O)c2nc3ccccc3nc21. The monoisotopic (exact) mass is 280 g/mol. The number of fused-ring (bicyclic) bond motifs is 2. The maximum Gasteiger partial charge on any atom is 0.332 e. The molecule has 1 aromatic carbocycles. The molecule has 0 unspecified atom stereocenters. The van der Waals surface area contributed by atoms with E-state index in [4.69, 9.17) is 6.42 Å². The van der Waals surface area contributed by atoms with Crippen molar-refractivity contribution in [3.05, 3.63) is 45.1 Å². The molecule has 2 aromatic heterocycles. The Morgan fingerprint density at radius 1 is 1.19 bits per heavy atom. The highest BCUT2D eigenvalue weighted by Gasteiger charge is 2.14. The van der Waals surface area contributed by atoms with Gasteiger partial charge in [0.2, 0.25) is 0 Å². The summed E-state index contributed by atoms with van der Waals surface area (Å²) in [6.07, 6.45) is 5.64. The maximum atomic E-state index is 12.2. The normalized spacial score (nSPS) is 10.9. The summed E-state index contributed by atoms with van der Waals surface area (Å²) in [4.78, 5) is 33.2. The van der Waals surface area contributed by atoms with Crippen LogP contribution in [0, 0.1) is 12.3 Å². The number of aromatic nitrogens is 4. The lowest BCUT2D eigenvalue weighted by atomic mass is 10.3. The van der Waals surface area contributed by atoms with Crippen molar-refractivity contribution in [1.29, 1.82) is 0 Å². The fourth-order valence-corrected chi connectivity index (χ4v) is 2.22. The molecule has 0 saturated carbocycles. The van der Waals surface area contributed by atoms with E-state index in [1.54, 1.807) is 12.1 Å². The second kappa shape index (κ2) is 4.87. The van der Waals surface area contributed by atoms with Gasteiger partial charge in [-0.25, -0.2) is 14.8 Å². The molecule has 6 heteroatoms. The predicted octanol–water partition coefficient (Wildman–Crippen LogP) is 0.667. The van der Waals surface area contributed by atoms with Crippen molar-refractivity contribution in [3.8, 4) is 12.3 Å². The van der Waals surface area contributed by atoms with E-state index in [-0.39, 0.29) is 11.2 Å². The van der Waals surface area contributed by atoms with Crippen molar-refractivity contribution in [2.45, 2.75) is 13.0 Å². The van der Waals surface area contributed by atoms with Crippen LogP contribution < -0.4 is 11.2 Å². The van der Waals surface area contributed by atoms with Gasteiger partial charge in [0.15, 0.2) is 11.2 Å². The van der Waals surface area contributed by atoms with Crippen LogP contribution in [-0.4, -0.2) is 19.1 Å². The first-order chi connectivity index (χ1) is 10.1. The van der Waals surface area contributed by atoms with Crippen LogP contribution in [0.2, 0.25) is 0 Å². The van der Waals surface area contributed by atoms with Crippen molar-refractivity contribution >= 4 is 22.2 Å². The lowest BCUT2D eigenvalue weighted by Crippen LogP contribution is -2.39. The number of nitrogens with zero attached hydrogens (tertiary/aromatic N) is 4. The predicted molar refractivity (Wildman–Crippen MR) is 80.0 cm³/mol. The number of benzene rings is 1. The second-order valence-electron chi connectivity index (χ2n) is 4.64. The highest BCUT2D eigenvalue weighted by Crippen LogP contribution is 2.12. The first-order valence-corrected chi connectivity index (χ1v) is 6.43. The first-order valence-electron chi connectivity index (χ1n) is 6.43. The van der Waals surface area contributed by atoms with E-state index in [1.165, 1.54) is 11.6 Å². The zero-order valence-corrected chi connectivity index (χ0v) is 11.4. The Balaban J connectivity index is 2.49. The molecule has 0 atom stereocenters. The van der Waals surface area contributed by atoms with Gasteiger partial charge in [0.05, 0.1) is 11.0 Å². The van der Waals surface area contributed by atoms with Crippen molar-refractivity contribution in [3.63, 3.8) is 0 Å². The van der Waals surface area contributed by atoms with Crippen LogP contribution in [0.15, 0.2) is 33.9 Å². The minimum Gasteiger partial charge on any atom is -0.275 e. The first kappa shape index (κ1) is 13.1. The molecule has 0 aliphatic carbocycles. The summed E-state index contributed by atoms with van der Waals surface area (Å²) in [5, 5.41) is 0. The molecule has 0 amide bonds. The number of aryl methyl sites for hydroxylation is 1. The molecule has 0 spiro atoms. The smallest absolute Gasteiger partial charge is 0.275 e. The molecule has 6 nitrogen and oxygen atoms in total. The molecule has 0 aliphatic rings. The van der Waals surface area contributed by atoms with Gasteiger partial charge in [-0.15, -0.1) is 12.3 Å². The molecule has 0 bridgehead atoms. The molecule has 0 aliphatic heterocycles. The van der Waals surface area contributed by atoms with Crippen molar-refractivity contribution in [2.24, 2.45) is 7.05 Å². The number of terminal acetylenes is 1. The van der Waals surface area contributed by atoms with Gasteiger partial charge in [0.1, 0.15) is 0 Å². The summed E-state index contributed by atoms with van der Waals surface area (Å²) in [6, 6.07) is 7.21. The fraction of sp³-hybridized carbons (Fsp3) is 0.200. The minimum absolute atomic E-state index is 0.174. The number of hydrogen-bond donors (Lipinski definition) is 0. The maximum absolute atomic E-state index is 12.2. The zero-order valence-electron chi connectivity index (χ0n) is 11.4. The van der Waals surface area contributed by atoms with Gasteiger partial charge >= 0.3 is 5.69 Å². The second-order valence-corrected chi connectivity index (χ2v) is 4.64. The zero-order chi connectivity index (χ0) is 15.0. The Bertz CT molecular complexity index is 1010. The van der Waals surface area contributed by atoms with Gasteiger partial charge in [-0.1, -0.05) is 12.1 Å². The Hall–Kier alpha value is -2.94. The van der Waals surface area contributed by atoms with Crippen LogP contribution in [0.3, 0.4) is 0 Å². The molecule has 104 valence electrons. The van der Waals surface area contributed by atoms with Crippen LogP contribution >= 0.6 is 0 Å². The molecule has 21 heavy (non-hydrogen) atoms. The summed E-state index contributed by atoms with van der Waals surface area (Å²) in [6.45, 7) is 0.299. The summed E-state index contributed by atoms with van der Waals surface area (Å²) in [5.41, 5.74) is 0.804. The summed E-state index contributed by atoms with van der Waals surface area (Å²) < 4.78 is 2.43. The topological polar surface area (TPSA) is 69.8 Å². The van der Waals surface area contributed by atoms with Gasteiger partial charge in [0.25, 0.3) is 5.56 Å². The molecule has 0 fully saturated rings. The Morgan fingerprint density at radius 2 is 1.86 bits per heavy atom. The molecule has 3 aromatic rings. The minimum atomic E-state index is -0.454. The molecular formula is C15H12N4O2. The molecule has 3 rings (SSSR count). The van der Waals surface area contributed by atoms with Crippen LogP contribution in [0.1, 0.15) is 6.42 Å². The number of rotatable bonds is 2. The van der Waals surface area contributed by atoms with Crippen molar-refractivity contribution in [1.82, 2.24) is 19.1 Å². The highest BCUT2D eigenvalue weighted by atomic mass is 16.2. The van der Waals surface area contributed by atoms with Crippen molar-refractivity contribution < 1.29 is 0 Å². The standard InChI is InChI=1S/C15H12N4O2/c1-3-4-9-19-13-12(14(20)18(2)15(19)21)16-10-7-5-6-8-11(10)17-13/h1,5-8H,4,9H2,2H3. The molecular weight excluding hydrogens is 268 g/mol. The van der Waals surface area contributed by atoms with Crippen LogP contribution in [-0.2, 0) is 13.6 Å². The Morgan fingerprint density at radius 3 is 2.52 bits per heavy atom. The van der Waals surface area contributed by atoms with Crippen LogP contribution in [0.25, 0.3) is 22.2 Å². The van der Waals surface area contributed by atoms with E-state index in [9.17, 15) is 9.59 Å². The van der Waals surface area contributed by atoms with Gasteiger partial charge in [-0.3, -0.25) is 13.9 Å². The van der Waals surface area contributed by atoms with Crippen molar-refractivity contribution in [2.75, 3.05) is 0 Å². The highest BCUT2D eigenvalue weighted by molar-refractivity contribution is 5.83. The third-order valence-corrected chi connectivity index (χ3v) is 3.31. The van der Waals surface area contributed by atoms with Gasteiger partial charge in [-0.2, -0.15) is 0 Å². The van der Waals surface area contributed by atoms with Gasteiger partial charge in [0, 0.05) is 20.0 Å². The third kappa shape index (κ3) is 1.99. The van der Waals surface area contributed by atoms with E-state index in [2.05, 4.69) is 15.9 Å². The fourth-order valence-electron chi connectivity index (χ4n) is 2.22. The molecule has 0 radical (unpaired) electrons. The van der Waals surface area contributed by atoms with Gasteiger partial charge < -0.3 is 0 Å². The molecule has 0 N–H and O–H groups in total. The van der Waals surface area contributed by atoms with Crippen LogP contribution in [0.5, 0.6) is 0 Å². The summed E-state index contributed by atoms with van der Waals surface area (Å²) in [7, 11) is 1.42. The number of hydrogen-bond acceptors (Lipinski definition) is 4. The lowest BCUT2D eigenvalue weighted by Gasteiger charge is -2.10. The van der Waals surface area contributed by atoms with Gasteiger partial charge in [-0.05, 0) is 12.1 Å². The summed E-state index contributed by atoms with van der Waals surface area (Å²) >= 11 is 0. The lowest BCUT2D eigenvalue weighted by molar-refractivity contribution is 0.630. The quantitative estimate of drug-likeness (QED) is 0.511. The summed E-state index contributed by atoms with van der Waals surface area (Å²) in [5.74, 6) is 2.48. The van der Waals surface area contributed by atoms with E-state index in [0.29, 0.717) is 24.0 Å². The van der Waals surface area contributed by atoms with E-state index in [0.717, 1.165) is 4.57 Å². The average Bonchev–Trinajstić information content (AvgIpc) is 2.51. The Kier molecular flexibility index (Phi) is 3.03. The largest absolute Gasteiger partial charge is 0.332 e. The van der Waals surface area contributed by atoms with E-state index < -0.39 is 11.2 Å². The third-order valence-electron chi connectivity index (χ3n) is 3.31. The number of para-hydroxylation sites is 2. The Labute approximate surface area is 119 Å².